The van der Waals surface area contributed by atoms with Crippen LogP contribution in [-0.2, 0) is 4.79 Å². The standard InChI is InChI=1S/C11H21NO2/c1-4-7-11(14)12-8-10(13)9(5-2)6-3/h4,9-10,13H,1,5-8H2,2-3H3,(H,12,14). The predicted octanol–water partition coefficient (Wildman–Crippen LogP) is 1.48. The minimum Gasteiger partial charge on any atom is -0.391 e. The van der Waals surface area contributed by atoms with Gasteiger partial charge in [0.1, 0.15) is 0 Å². The molecule has 0 aromatic rings. The fourth-order valence-electron chi connectivity index (χ4n) is 1.42. The SMILES string of the molecule is C=CCC(=O)NCC(O)C(CC)CC. The summed E-state index contributed by atoms with van der Waals surface area (Å²) < 4.78 is 0. The van der Waals surface area contributed by atoms with Gasteiger partial charge in [0, 0.05) is 13.0 Å². The second-order valence-corrected chi connectivity index (χ2v) is 3.44. The summed E-state index contributed by atoms with van der Waals surface area (Å²) in [5.74, 6) is 0.198. The number of carbonyl (C=O) groups is 1. The maximum atomic E-state index is 11.1. The van der Waals surface area contributed by atoms with E-state index in [1.165, 1.54) is 0 Å². The molecule has 0 aromatic heterocycles. The highest BCUT2D eigenvalue weighted by atomic mass is 16.3. The van der Waals surface area contributed by atoms with Crippen molar-refractivity contribution in [3.8, 4) is 0 Å². The predicted molar refractivity (Wildman–Crippen MR) is 57.9 cm³/mol. The molecule has 0 spiro atoms. The number of carbonyl (C=O) groups excluding carboxylic acids is 1. The van der Waals surface area contributed by atoms with Crippen molar-refractivity contribution < 1.29 is 9.90 Å². The molecule has 0 saturated heterocycles. The molecule has 3 nitrogen and oxygen atoms in total. The van der Waals surface area contributed by atoms with Crippen molar-refractivity contribution in [3.05, 3.63) is 12.7 Å². The molecule has 1 amide bonds. The molecule has 14 heavy (non-hydrogen) atoms. The van der Waals surface area contributed by atoms with Gasteiger partial charge in [-0.25, -0.2) is 0 Å². The summed E-state index contributed by atoms with van der Waals surface area (Å²) in [6.45, 7) is 7.91. The molecule has 2 N–H and O–H groups in total. The van der Waals surface area contributed by atoms with Gasteiger partial charge in [-0.3, -0.25) is 4.79 Å². The van der Waals surface area contributed by atoms with Crippen LogP contribution in [0, 0.1) is 5.92 Å². The zero-order valence-corrected chi connectivity index (χ0v) is 9.12. The molecule has 0 bridgehead atoms. The van der Waals surface area contributed by atoms with Gasteiger partial charge in [0.25, 0.3) is 0 Å². The summed E-state index contributed by atoms with van der Waals surface area (Å²) in [6.07, 6.45) is 3.32. The van der Waals surface area contributed by atoms with Crippen LogP contribution < -0.4 is 5.32 Å². The Hall–Kier alpha value is -0.830. The van der Waals surface area contributed by atoms with Crippen LogP contribution >= 0.6 is 0 Å². The number of aliphatic hydroxyl groups is 1. The summed E-state index contributed by atoms with van der Waals surface area (Å²) in [5.41, 5.74) is 0. The Labute approximate surface area is 86.2 Å². The van der Waals surface area contributed by atoms with E-state index < -0.39 is 6.10 Å². The molecule has 0 rings (SSSR count). The average molecular weight is 199 g/mol. The lowest BCUT2D eigenvalue weighted by Gasteiger charge is -2.20. The number of rotatable bonds is 7. The van der Waals surface area contributed by atoms with Crippen molar-refractivity contribution >= 4 is 5.91 Å². The number of aliphatic hydroxyl groups excluding tert-OH is 1. The van der Waals surface area contributed by atoms with Crippen LogP contribution in [-0.4, -0.2) is 23.7 Å². The molecule has 0 aromatic carbocycles. The molecule has 3 heteroatoms. The van der Waals surface area contributed by atoms with Crippen molar-refractivity contribution in [2.24, 2.45) is 5.92 Å². The third kappa shape index (κ3) is 5.02. The lowest BCUT2D eigenvalue weighted by Crippen LogP contribution is -2.35. The molecule has 82 valence electrons. The summed E-state index contributed by atoms with van der Waals surface area (Å²) in [7, 11) is 0. The van der Waals surface area contributed by atoms with Crippen LogP contribution in [0.15, 0.2) is 12.7 Å². The van der Waals surface area contributed by atoms with Gasteiger partial charge in [0.2, 0.25) is 5.91 Å². The number of hydrogen-bond donors (Lipinski definition) is 2. The van der Waals surface area contributed by atoms with Gasteiger partial charge >= 0.3 is 0 Å². The number of amides is 1. The quantitative estimate of drug-likeness (QED) is 0.610. The summed E-state index contributed by atoms with van der Waals surface area (Å²) in [6, 6.07) is 0. The lowest BCUT2D eigenvalue weighted by molar-refractivity contribution is -0.120. The van der Waals surface area contributed by atoms with E-state index in [2.05, 4.69) is 11.9 Å². The molecule has 0 aliphatic rings. The Bertz CT molecular complexity index is 176. The third-order valence-corrected chi connectivity index (χ3v) is 2.43. The highest BCUT2D eigenvalue weighted by Gasteiger charge is 2.15. The minimum atomic E-state index is -0.432. The highest BCUT2D eigenvalue weighted by Crippen LogP contribution is 2.12. The van der Waals surface area contributed by atoms with E-state index in [1.54, 1.807) is 6.08 Å². The zero-order chi connectivity index (χ0) is 11.0. The van der Waals surface area contributed by atoms with Crippen LogP contribution in [0.3, 0.4) is 0 Å². The Morgan fingerprint density at radius 2 is 2.07 bits per heavy atom. The Morgan fingerprint density at radius 3 is 2.50 bits per heavy atom. The van der Waals surface area contributed by atoms with Gasteiger partial charge in [0.05, 0.1) is 6.10 Å². The van der Waals surface area contributed by atoms with Gasteiger partial charge in [-0.05, 0) is 5.92 Å². The molecule has 0 heterocycles. The molecule has 1 unspecified atom stereocenters. The van der Waals surface area contributed by atoms with Crippen molar-refractivity contribution in [2.75, 3.05) is 6.54 Å². The minimum absolute atomic E-state index is 0.0787. The zero-order valence-electron chi connectivity index (χ0n) is 9.12. The fraction of sp³-hybridized carbons (Fsp3) is 0.727. The first-order chi connectivity index (χ1) is 6.65. The first-order valence-corrected chi connectivity index (χ1v) is 5.21. The monoisotopic (exact) mass is 199 g/mol. The van der Waals surface area contributed by atoms with Crippen molar-refractivity contribution in [2.45, 2.75) is 39.2 Å². The molecule has 0 aliphatic carbocycles. The fourth-order valence-corrected chi connectivity index (χ4v) is 1.42. The first-order valence-electron chi connectivity index (χ1n) is 5.21. The van der Waals surface area contributed by atoms with Crippen LogP contribution in [0.25, 0.3) is 0 Å². The van der Waals surface area contributed by atoms with Crippen molar-refractivity contribution in [3.63, 3.8) is 0 Å². The van der Waals surface area contributed by atoms with E-state index in [4.69, 9.17) is 0 Å². The lowest BCUT2D eigenvalue weighted by atomic mass is 9.96. The van der Waals surface area contributed by atoms with Crippen LogP contribution in [0.5, 0.6) is 0 Å². The molecular formula is C11H21NO2. The molecule has 0 radical (unpaired) electrons. The smallest absolute Gasteiger partial charge is 0.223 e. The van der Waals surface area contributed by atoms with E-state index in [0.717, 1.165) is 12.8 Å². The van der Waals surface area contributed by atoms with Crippen LogP contribution in [0.4, 0.5) is 0 Å². The Balaban J connectivity index is 3.76. The van der Waals surface area contributed by atoms with E-state index in [9.17, 15) is 9.90 Å². The van der Waals surface area contributed by atoms with Gasteiger partial charge in [0.15, 0.2) is 0 Å². The van der Waals surface area contributed by atoms with Crippen LogP contribution in [0.2, 0.25) is 0 Å². The maximum Gasteiger partial charge on any atom is 0.223 e. The maximum absolute atomic E-state index is 11.1. The number of nitrogens with one attached hydrogen (secondary N) is 1. The average Bonchev–Trinajstić information content (AvgIpc) is 2.17. The largest absolute Gasteiger partial charge is 0.391 e. The van der Waals surface area contributed by atoms with E-state index in [0.29, 0.717) is 13.0 Å². The third-order valence-electron chi connectivity index (χ3n) is 2.43. The van der Waals surface area contributed by atoms with Gasteiger partial charge in [-0.15, -0.1) is 6.58 Å². The topological polar surface area (TPSA) is 49.3 Å². The van der Waals surface area contributed by atoms with Gasteiger partial charge < -0.3 is 10.4 Å². The normalized spacial score (nSPS) is 12.6. The Kier molecular flexibility index (Phi) is 7.11. The summed E-state index contributed by atoms with van der Waals surface area (Å²) in [4.78, 5) is 11.1. The molecule has 0 fully saturated rings. The highest BCUT2D eigenvalue weighted by molar-refractivity contribution is 5.77. The van der Waals surface area contributed by atoms with Gasteiger partial charge in [-0.2, -0.15) is 0 Å². The van der Waals surface area contributed by atoms with Crippen LogP contribution in [0.1, 0.15) is 33.1 Å². The summed E-state index contributed by atoms with van der Waals surface area (Å²) in [5, 5.41) is 12.4. The van der Waals surface area contributed by atoms with Gasteiger partial charge in [-0.1, -0.05) is 32.8 Å². The van der Waals surface area contributed by atoms with Crippen molar-refractivity contribution in [1.29, 1.82) is 0 Å². The van der Waals surface area contributed by atoms with E-state index >= 15 is 0 Å². The molecular weight excluding hydrogens is 178 g/mol. The summed E-state index contributed by atoms with van der Waals surface area (Å²) >= 11 is 0. The van der Waals surface area contributed by atoms with E-state index in [-0.39, 0.29) is 11.8 Å². The molecule has 0 saturated carbocycles. The number of hydrogen-bond acceptors (Lipinski definition) is 2. The van der Waals surface area contributed by atoms with Crippen molar-refractivity contribution in [1.82, 2.24) is 5.32 Å². The molecule has 0 aliphatic heterocycles. The second-order valence-electron chi connectivity index (χ2n) is 3.44. The second kappa shape index (κ2) is 7.56. The molecule has 1 atom stereocenters. The first kappa shape index (κ1) is 13.2. The Morgan fingerprint density at radius 1 is 1.50 bits per heavy atom. The van der Waals surface area contributed by atoms with E-state index in [1.807, 2.05) is 13.8 Å².